The molecule has 0 bridgehead atoms. The van der Waals surface area contributed by atoms with Gasteiger partial charge in [0.05, 0.1) is 11.7 Å². The summed E-state index contributed by atoms with van der Waals surface area (Å²) in [5, 5.41) is 2.82. The Morgan fingerprint density at radius 1 is 1.29 bits per heavy atom. The first-order valence-corrected chi connectivity index (χ1v) is 6.80. The number of anilines is 1. The molecule has 110 valence electrons. The molecule has 2 aromatic rings. The van der Waals surface area contributed by atoms with E-state index in [1.807, 2.05) is 38.1 Å². The molecule has 1 aromatic heterocycles. The molecule has 0 aliphatic rings. The van der Waals surface area contributed by atoms with Gasteiger partial charge in [-0.2, -0.15) is 0 Å². The van der Waals surface area contributed by atoms with Gasteiger partial charge in [0.1, 0.15) is 11.6 Å². The smallest absolute Gasteiger partial charge is 0.255 e. The van der Waals surface area contributed by atoms with Crippen LogP contribution in [0.15, 0.2) is 42.6 Å². The molecule has 5 heteroatoms. The molecule has 3 N–H and O–H groups in total. The molecule has 0 unspecified atom stereocenters. The van der Waals surface area contributed by atoms with Crippen LogP contribution in [0.25, 0.3) is 0 Å². The maximum atomic E-state index is 12.0. The summed E-state index contributed by atoms with van der Waals surface area (Å²) in [6.45, 7) is 4.38. The SMILES string of the molecule is CC(C)Oc1ccc(CNC(=O)c2cccnc2N)cc1. The van der Waals surface area contributed by atoms with Crippen LogP contribution in [0.3, 0.4) is 0 Å². The topological polar surface area (TPSA) is 77.2 Å². The van der Waals surface area contributed by atoms with Crippen molar-refractivity contribution >= 4 is 11.7 Å². The van der Waals surface area contributed by atoms with Crippen molar-refractivity contribution in [1.82, 2.24) is 10.3 Å². The van der Waals surface area contributed by atoms with E-state index < -0.39 is 0 Å². The predicted molar refractivity (Wildman–Crippen MR) is 82.0 cm³/mol. The van der Waals surface area contributed by atoms with Crippen molar-refractivity contribution in [2.75, 3.05) is 5.73 Å². The molecule has 1 heterocycles. The van der Waals surface area contributed by atoms with E-state index in [-0.39, 0.29) is 17.8 Å². The maximum absolute atomic E-state index is 12.0. The summed E-state index contributed by atoms with van der Waals surface area (Å²) in [7, 11) is 0. The average molecular weight is 285 g/mol. The number of ether oxygens (including phenoxy) is 1. The van der Waals surface area contributed by atoms with Crippen molar-refractivity contribution in [2.24, 2.45) is 0 Å². The quantitative estimate of drug-likeness (QED) is 0.884. The van der Waals surface area contributed by atoms with Crippen LogP contribution >= 0.6 is 0 Å². The Kier molecular flexibility index (Phi) is 4.77. The lowest BCUT2D eigenvalue weighted by atomic mass is 10.2. The molecule has 1 amide bonds. The molecular weight excluding hydrogens is 266 g/mol. The van der Waals surface area contributed by atoms with Gasteiger partial charge in [0.2, 0.25) is 0 Å². The van der Waals surface area contributed by atoms with Gasteiger partial charge in [0, 0.05) is 12.7 Å². The third-order valence-corrected chi connectivity index (χ3v) is 2.83. The lowest BCUT2D eigenvalue weighted by Gasteiger charge is -2.10. The number of nitrogens with two attached hydrogens (primary N) is 1. The Labute approximate surface area is 124 Å². The van der Waals surface area contributed by atoms with Crippen LogP contribution in [-0.2, 0) is 6.54 Å². The average Bonchev–Trinajstić information content (AvgIpc) is 2.46. The summed E-state index contributed by atoms with van der Waals surface area (Å²) < 4.78 is 5.57. The molecule has 0 aliphatic carbocycles. The lowest BCUT2D eigenvalue weighted by Crippen LogP contribution is -2.24. The summed E-state index contributed by atoms with van der Waals surface area (Å²) in [5.41, 5.74) is 7.04. The Balaban J connectivity index is 1.94. The summed E-state index contributed by atoms with van der Waals surface area (Å²) >= 11 is 0. The van der Waals surface area contributed by atoms with E-state index in [4.69, 9.17) is 10.5 Å². The van der Waals surface area contributed by atoms with E-state index in [9.17, 15) is 4.79 Å². The minimum Gasteiger partial charge on any atom is -0.491 e. The zero-order chi connectivity index (χ0) is 15.2. The van der Waals surface area contributed by atoms with Gasteiger partial charge in [-0.1, -0.05) is 12.1 Å². The first-order chi connectivity index (χ1) is 10.1. The van der Waals surface area contributed by atoms with Crippen LogP contribution in [0.2, 0.25) is 0 Å². The molecule has 1 aromatic carbocycles. The number of carbonyl (C=O) groups excluding carboxylic acids is 1. The largest absolute Gasteiger partial charge is 0.491 e. The Morgan fingerprint density at radius 2 is 2.00 bits per heavy atom. The van der Waals surface area contributed by atoms with E-state index in [1.54, 1.807) is 18.3 Å². The fourth-order valence-corrected chi connectivity index (χ4v) is 1.85. The summed E-state index contributed by atoms with van der Waals surface area (Å²) in [6, 6.07) is 11.0. The van der Waals surface area contributed by atoms with Crippen molar-refractivity contribution in [1.29, 1.82) is 0 Å². The standard InChI is InChI=1S/C16H19N3O2/c1-11(2)21-13-7-5-12(6-8-13)10-19-16(20)14-4-3-9-18-15(14)17/h3-9,11H,10H2,1-2H3,(H2,17,18)(H,19,20). The molecule has 0 radical (unpaired) electrons. The van der Waals surface area contributed by atoms with Crippen LogP contribution in [0.4, 0.5) is 5.82 Å². The third-order valence-electron chi connectivity index (χ3n) is 2.83. The van der Waals surface area contributed by atoms with Crippen LogP contribution in [0, 0.1) is 0 Å². The fraction of sp³-hybridized carbons (Fsp3) is 0.250. The van der Waals surface area contributed by atoms with Gasteiger partial charge < -0.3 is 15.8 Å². The molecule has 0 fully saturated rings. The molecule has 21 heavy (non-hydrogen) atoms. The van der Waals surface area contributed by atoms with Crippen molar-refractivity contribution in [3.8, 4) is 5.75 Å². The van der Waals surface area contributed by atoms with Gasteiger partial charge in [-0.3, -0.25) is 4.79 Å². The number of nitrogen functional groups attached to an aromatic ring is 1. The van der Waals surface area contributed by atoms with E-state index in [1.165, 1.54) is 0 Å². The highest BCUT2D eigenvalue weighted by atomic mass is 16.5. The maximum Gasteiger partial charge on any atom is 0.255 e. The lowest BCUT2D eigenvalue weighted by molar-refractivity contribution is 0.0951. The second-order valence-corrected chi connectivity index (χ2v) is 4.93. The first-order valence-electron chi connectivity index (χ1n) is 6.80. The summed E-state index contributed by atoms with van der Waals surface area (Å²) in [5.74, 6) is 0.815. The third kappa shape index (κ3) is 4.21. The first kappa shape index (κ1) is 14.8. The van der Waals surface area contributed by atoms with Gasteiger partial charge in [-0.05, 0) is 43.7 Å². The van der Waals surface area contributed by atoms with E-state index in [0.717, 1.165) is 11.3 Å². The minimum atomic E-state index is -0.233. The van der Waals surface area contributed by atoms with E-state index in [0.29, 0.717) is 12.1 Å². The van der Waals surface area contributed by atoms with Crippen molar-refractivity contribution in [3.05, 3.63) is 53.7 Å². The summed E-state index contributed by atoms with van der Waals surface area (Å²) in [6.07, 6.45) is 1.70. The highest BCUT2D eigenvalue weighted by molar-refractivity contribution is 5.98. The van der Waals surface area contributed by atoms with E-state index in [2.05, 4.69) is 10.3 Å². The normalized spacial score (nSPS) is 10.4. The Bertz CT molecular complexity index is 609. The number of nitrogens with zero attached hydrogens (tertiary/aromatic N) is 1. The molecule has 0 atom stereocenters. The van der Waals surface area contributed by atoms with Crippen molar-refractivity contribution in [2.45, 2.75) is 26.5 Å². The molecule has 0 saturated heterocycles. The number of rotatable bonds is 5. The number of benzene rings is 1. The van der Waals surface area contributed by atoms with Crippen LogP contribution in [0.5, 0.6) is 5.75 Å². The second kappa shape index (κ2) is 6.74. The number of pyridine rings is 1. The fourth-order valence-electron chi connectivity index (χ4n) is 1.85. The zero-order valence-corrected chi connectivity index (χ0v) is 12.2. The van der Waals surface area contributed by atoms with Gasteiger partial charge in [0.25, 0.3) is 5.91 Å². The molecule has 5 nitrogen and oxygen atoms in total. The monoisotopic (exact) mass is 285 g/mol. The molecule has 0 spiro atoms. The van der Waals surface area contributed by atoms with Crippen molar-refractivity contribution < 1.29 is 9.53 Å². The molecule has 0 aliphatic heterocycles. The number of hydrogen-bond acceptors (Lipinski definition) is 4. The van der Waals surface area contributed by atoms with E-state index >= 15 is 0 Å². The highest BCUT2D eigenvalue weighted by Gasteiger charge is 2.09. The number of carbonyl (C=O) groups is 1. The van der Waals surface area contributed by atoms with Crippen LogP contribution < -0.4 is 15.8 Å². The van der Waals surface area contributed by atoms with Crippen LogP contribution in [-0.4, -0.2) is 17.0 Å². The Morgan fingerprint density at radius 3 is 2.62 bits per heavy atom. The van der Waals surface area contributed by atoms with Gasteiger partial charge in [-0.15, -0.1) is 0 Å². The summed E-state index contributed by atoms with van der Waals surface area (Å²) in [4.78, 5) is 15.9. The number of nitrogens with one attached hydrogen (secondary N) is 1. The number of aromatic nitrogens is 1. The predicted octanol–water partition coefficient (Wildman–Crippen LogP) is 2.38. The van der Waals surface area contributed by atoms with Gasteiger partial charge >= 0.3 is 0 Å². The highest BCUT2D eigenvalue weighted by Crippen LogP contribution is 2.14. The van der Waals surface area contributed by atoms with Crippen LogP contribution in [0.1, 0.15) is 29.8 Å². The van der Waals surface area contributed by atoms with Crippen molar-refractivity contribution in [3.63, 3.8) is 0 Å². The zero-order valence-electron chi connectivity index (χ0n) is 12.2. The van der Waals surface area contributed by atoms with Gasteiger partial charge in [-0.25, -0.2) is 4.98 Å². The number of amides is 1. The molecule has 0 saturated carbocycles. The minimum absolute atomic E-state index is 0.143. The Hall–Kier alpha value is -2.56. The molecular formula is C16H19N3O2. The number of hydrogen-bond donors (Lipinski definition) is 2. The molecule has 2 rings (SSSR count). The second-order valence-electron chi connectivity index (χ2n) is 4.93. The van der Waals surface area contributed by atoms with Gasteiger partial charge in [0.15, 0.2) is 0 Å².